The Labute approximate surface area is 100 Å². The highest BCUT2D eigenvalue weighted by molar-refractivity contribution is 9.09. The second-order valence-corrected chi connectivity index (χ2v) is 4.27. The van der Waals surface area contributed by atoms with Gasteiger partial charge in [0.25, 0.3) is 0 Å². The first-order valence-electron chi connectivity index (χ1n) is 4.22. The van der Waals surface area contributed by atoms with Crippen LogP contribution in [0.4, 0.5) is 5.69 Å². The summed E-state index contributed by atoms with van der Waals surface area (Å²) in [6.07, 6.45) is 0.484. The van der Waals surface area contributed by atoms with Crippen LogP contribution in [0.25, 0.3) is 0 Å². The number of anilines is 1. The van der Waals surface area contributed by atoms with Gasteiger partial charge in [-0.2, -0.15) is 0 Å². The van der Waals surface area contributed by atoms with Crippen molar-refractivity contribution in [3.8, 4) is 0 Å². The highest BCUT2D eigenvalue weighted by Crippen LogP contribution is 2.18. The molecule has 76 valence electrons. The van der Waals surface area contributed by atoms with Crippen LogP contribution in [-0.2, 0) is 5.33 Å². The van der Waals surface area contributed by atoms with Gasteiger partial charge in [0.2, 0.25) is 0 Å². The van der Waals surface area contributed by atoms with Crippen molar-refractivity contribution in [1.82, 2.24) is 0 Å². The Kier molecular flexibility index (Phi) is 4.62. The maximum atomic E-state index is 11.5. The predicted octanol–water partition coefficient (Wildman–Crippen LogP) is 3.13. The van der Waals surface area contributed by atoms with E-state index in [9.17, 15) is 4.79 Å². The molecule has 0 radical (unpaired) electrons. The third-order valence-corrected chi connectivity index (χ3v) is 2.94. The molecule has 0 aliphatic heterocycles. The molecule has 0 amide bonds. The minimum absolute atomic E-state index is 0.0838. The van der Waals surface area contributed by atoms with Crippen molar-refractivity contribution < 1.29 is 4.79 Å². The third-order valence-electron chi connectivity index (χ3n) is 1.89. The molecule has 0 heterocycles. The van der Waals surface area contributed by atoms with E-state index >= 15 is 0 Å². The highest BCUT2D eigenvalue weighted by atomic mass is 79.9. The van der Waals surface area contributed by atoms with E-state index in [-0.39, 0.29) is 5.78 Å². The van der Waals surface area contributed by atoms with Gasteiger partial charge in [-0.1, -0.05) is 37.9 Å². The Bertz CT molecular complexity index is 339. The molecule has 14 heavy (non-hydrogen) atoms. The molecule has 0 saturated heterocycles. The van der Waals surface area contributed by atoms with Gasteiger partial charge in [0, 0.05) is 28.3 Å². The summed E-state index contributed by atoms with van der Waals surface area (Å²) in [5.41, 5.74) is 8.03. The topological polar surface area (TPSA) is 43.1 Å². The molecule has 0 fully saturated rings. The summed E-state index contributed by atoms with van der Waals surface area (Å²) in [5, 5.41) is 1.43. The van der Waals surface area contributed by atoms with E-state index in [2.05, 4.69) is 31.9 Å². The zero-order valence-corrected chi connectivity index (χ0v) is 10.8. The molecule has 0 spiro atoms. The molecule has 1 aromatic carbocycles. The molecule has 0 bridgehead atoms. The lowest BCUT2D eigenvalue weighted by Crippen LogP contribution is -2.04. The predicted molar refractivity (Wildman–Crippen MR) is 66.2 cm³/mol. The zero-order chi connectivity index (χ0) is 10.6. The molecule has 0 aromatic heterocycles. The van der Waals surface area contributed by atoms with Crippen LogP contribution >= 0.6 is 31.9 Å². The van der Waals surface area contributed by atoms with Gasteiger partial charge in [-0.3, -0.25) is 4.79 Å². The first kappa shape index (κ1) is 11.7. The van der Waals surface area contributed by atoms with Crippen molar-refractivity contribution in [1.29, 1.82) is 0 Å². The fourth-order valence-corrected chi connectivity index (χ4v) is 1.88. The normalized spacial score (nSPS) is 10.1. The van der Waals surface area contributed by atoms with Gasteiger partial charge >= 0.3 is 0 Å². The lowest BCUT2D eigenvalue weighted by atomic mass is 10.0. The van der Waals surface area contributed by atoms with Crippen LogP contribution in [0.15, 0.2) is 18.2 Å². The molecule has 2 N–H and O–H groups in total. The highest BCUT2D eigenvalue weighted by Gasteiger charge is 2.08. The number of ketones is 1. The number of hydrogen-bond donors (Lipinski definition) is 1. The lowest BCUT2D eigenvalue weighted by molar-refractivity contribution is 0.0990. The average molecular weight is 321 g/mol. The second kappa shape index (κ2) is 5.51. The Hall–Kier alpha value is -0.350. The smallest absolute Gasteiger partial charge is 0.165 e. The summed E-state index contributed by atoms with van der Waals surface area (Å²) in [6, 6.07) is 5.53. The van der Waals surface area contributed by atoms with Crippen molar-refractivity contribution in [2.75, 3.05) is 11.1 Å². The molecule has 4 heteroatoms. The van der Waals surface area contributed by atoms with E-state index < -0.39 is 0 Å². The molecule has 0 aliphatic carbocycles. The van der Waals surface area contributed by atoms with E-state index in [1.165, 1.54) is 0 Å². The van der Waals surface area contributed by atoms with Crippen molar-refractivity contribution >= 4 is 43.3 Å². The van der Waals surface area contributed by atoms with E-state index in [1.54, 1.807) is 6.07 Å². The number of halogens is 2. The Morgan fingerprint density at radius 3 is 2.57 bits per heavy atom. The maximum absolute atomic E-state index is 11.5. The van der Waals surface area contributed by atoms with Crippen molar-refractivity contribution in [2.45, 2.75) is 11.8 Å². The zero-order valence-electron chi connectivity index (χ0n) is 7.59. The van der Waals surface area contributed by atoms with Crippen molar-refractivity contribution in [2.24, 2.45) is 0 Å². The molecular weight excluding hydrogens is 310 g/mol. The Balaban J connectivity index is 2.94. The maximum Gasteiger partial charge on any atom is 0.165 e. The molecule has 0 atom stereocenters. The third kappa shape index (κ3) is 2.82. The van der Waals surface area contributed by atoms with Crippen LogP contribution in [0, 0.1) is 0 Å². The largest absolute Gasteiger partial charge is 0.398 e. The summed E-state index contributed by atoms with van der Waals surface area (Å²) in [5.74, 6) is 0.0838. The Morgan fingerprint density at radius 1 is 1.36 bits per heavy atom. The minimum atomic E-state index is 0.0838. The van der Waals surface area contributed by atoms with E-state index in [1.807, 2.05) is 12.1 Å². The van der Waals surface area contributed by atoms with Crippen LogP contribution in [-0.4, -0.2) is 11.1 Å². The second-order valence-electron chi connectivity index (χ2n) is 2.92. The van der Waals surface area contributed by atoms with Gasteiger partial charge < -0.3 is 5.73 Å². The number of nitrogen functional groups attached to an aromatic ring is 1. The molecule has 1 aromatic rings. The van der Waals surface area contributed by atoms with Crippen molar-refractivity contribution in [3.63, 3.8) is 0 Å². The van der Waals surface area contributed by atoms with Gasteiger partial charge in [-0.15, -0.1) is 0 Å². The molecule has 0 saturated carbocycles. The number of alkyl halides is 2. The quantitative estimate of drug-likeness (QED) is 0.526. The molecule has 0 aliphatic rings. The summed E-state index contributed by atoms with van der Waals surface area (Å²) < 4.78 is 0. The number of benzene rings is 1. The number of carbonyl (C=O) groups excluding carboxylic acids is 1. The standard InChI is InChI=1S/C10H11Br2NO/c11-4-3-10(14)8-2-1-7(6-12)5-9(8)13/h1-2,5H,3-4,6,13H2. The summed E-state index contributed by atoms with van der Waals surface area (Å²) in [7, 11) is 0. The number of Topliss-reactive ketones (excluding diaryl/α,β-unsaturated/α-hetero) is 1. The number of rotatable bonds is 4. The molecule has 0 unspecified atom stereocenters. The number of hydrogen-bond acceptors (Lipinski definition) is 2. The van der Waals surface area contributed by atoms with Crippen LogP contribution in [0.2, 0.25) is 0 Å². The van der Waals surface area contributed by atoms with E-state index in [0.717, 1.165) is 10.9 Å². The summed E-state index contributed by atoms with van der Waals surface area (Å²) in [6.45, 7) is 0. The van der Waals surface area contributed by atoms with Gasteiger partial charge in [-0.25, -0.2) is 0 Å². The Morgan fingerprint density at radius 2 is 2.07 bits per heavy atom. The van der Waals surface area contributed by atoms with Crippen LogP contribution in [0.3, 0.4) is 0 Å². The number of carbonyl (C=O) groups is 1. The van der Waals surface area contributed by atoms with Gasteiger partial charge in [0.15, 0.2) is 5.78 Å². The first-order valence-corrected chi connectivity index (χ1v) is 6.47. The van der Waals surface area contributed by atoms with Crippen LogP contribution < -0.4 is 5.73 Å². The number of nitrogens with two attached hydrogens (primary N) is 1. The van der Waals surface area contributed by atoms with Gasteiger partial charge in [-0.05, 0) is 17.7 Å². The van der Waals surface area contributed by atoms with E-state index in [4.69, 9.17) is 5.73 Å². The van der Waals surface area contributed by atoms with Crippen LogP contribution in [0.5, 0.6) is 0 Å². The van der Waals surface area contributed by atoms with Gasteiger partial charge in [0.05, 0.1) is 0 Å². The van der Waals surface area contributed by atoms with Crippen LogP contribution in [0.1, 0.15) is 22.3 Å². The summed E-state index contributed by atoms with van der Waals surface area (Å²) >= 11 is 6.57. The van der Waals surface area contributed by atoms with Crippen molar-refractivity contribution in [3.05, 3.63) is 29.3 Å². The van der Waals surface area contributed by atoms with Gasteiger partial charge in [0.1, 0.15) is 0 Å². The van der Waals surface area contributed by atoms with E-state index in [0.29, 0.717) is 23.0 Å². The SMILES string of the molecule is Nc1cc(CBr)ccc1C(=O)CCBr. The first-order chi connectivity index (χ1) is 6.69. The minimum Gasteiger partial charge on any atom is -0.398 e. The fourth-order valence-electron chi connectivity index (χ4n) is 1.17. The monoisotopic (exact) mass is 319 g/mol. The lowest BCUT2D eigenvalue weighted by Gasteiger charge is -2.05. The average Bonchev–Trinajstić information content (AvgIpc) is 2.17. The molecular formula is C10H11Br2NO. The fraction of sp³-hybridized carbons (Fsp3) is 0.300. The molecule has 1 rings (SSSR count). The molecule has 2 nitrogen and oxygen atoms in total. The summed E-state index contributed by atoms with van der Waals surface area (Å²) in [4.78, 5) is 11.5.